The molecule has 174 valence electrons. The number of carbonyl (C=O) groups is 1. The van der Waals surface area contributed by atoms with Gasteiger partial charge in [-0.15, -0.1) is 0 Å². The van der Waals surface area contributed by atoms with Crippen LogP contribution in [0.2, 0.25) is 0 Å². The van der Waals surface area contributed by atoms with Crippen LogP contribution in [-0.4, -0.2) is 60.2 Å². The third-order valence-corrected chi connectivity index (χ3v) is 6.36. The van der Waals surface area contributed by atoms with Gasteiger partial charge in [-0.2, -0.15) is 10.4 Å². The first-order chi connectivity index (χ1) is 16.5. The molecular formula is C24H23FN6O3. The summed E-state index contributed by atoms with van der Waals surface area (Å²) in [6.07, 6.45) is 2.49. The summed E-state index contributed by atoms with van der Waals surface area (Å²) in [7, 11) is 3.35. The van der Waals surface area contributed by atoms with Crippen molar-refractivity contribution in [1.29, 1.82) is 5.26 Å². The molecule has 5 rings (SSSR count). The van der Waals surface area contributed by atoms with Gasteiger partial charge in [-0.3, -0.25) is 4.79 Å². The van der Waals surface area contributed by atoms with Crippen LogP contribution < -0.4 is 10.2 Å². The number of carbonyl (C=O) groups excluding carboxylic acids is 1. The molecule has 3 aromatic rings. The monoisotopic (exact) mass is 462 g/mol. The number of fused-ring (bicyclic) bond motifs is 1. The molecule has 1 N–H and O–H groups in total. The van der Waals surface area contributed by atoms with Crippen molar-refractivity contribution < 1.29 is 18.7 Å². The van der Waals surface area contributed by atoms with Crippen molar-refractivity contribution in [3.05, 3.63) is 59.2 Å². The second-order valence-corrected chi connectivity index (χ2v) is 8.21. The number of nitriles is 1. The molecule has 2 aromatic heterocycles. The first-order valence-electron chi connectivity index (χ1n) is 10.9. The molecule has 2 aliphatic rings. The molecule has 1 saturated heterocycles. The lowest BCUT2D eigenvalue weighted by Crippen LogP contribution is -2.48. The highest BCUT2D eigenvalue weighted by Gasteiger charge is 2.31. The zero-order valence-corrected chi connectivity index (χ0v) is 18.8. The van der Waals surface area contributed by atoms with Crippen molar-refractivity contribution in [3.8, 4) is 23.0 Å². The molecule has 1 unspecified atom stereocenters. The van der Waals surface area contributed by atoms with E-state index in [0.29, 0.717) is 23.5 Å². The fourth-order valence-corrected chi connectivity index (χ4v) is 4.61. The summed E-state index contributed by atoms with van der Waals surface area (Å²) in [4.78, 5) is 19.2. The van der Waals surface area contributed by atoms with E-state index in [-0.39, 0.29) is 41.5 Å². The van der Waals surface area contributed by atoms with Crippen molar-refractivity contribution in [3.63, 3.8) is 0 Å². The topological polar surface area (TPSA) is 105 Å². The van der Waals surface area contributed by atoms with E-state index in [1.807, 2.05) is 12.1 Å². The van der Waals surface area contributed by atoms with Gasteiger partial charge in [-0.1, -0.05) is 6.07 Å². The van der Waals surface area contributed by atoms with E-state index >= 15 is 0 Å². The summed E-state index contributed by atoms with van der Waals surface area (Å²) in [5.74, 6) is -0.0938. The summed E-state index contributed by atoms with van der Waals surface area (Å²) in [6, 6.07) is 9.80. The average Bonchev–Trinajstić information content (AvgIpc) is 3.50. The molecule has 1 aromatic carbocycles. The molecule has 1 amide bonds. The smallest absolute Gasteiger partial charge is 0.255 e. The van der Waals surface area contributed by atoms with Gasteiger partial charge in [0.1, 0.15) is 11.9 Å². The third kappa shape index (κ3) is 3.69. The van der Waals surface area contributed by atoms with Crippen LogP contribution in [0, 0.1) is 17.1 Å². The number of nitrogens with zero attached hydrogens (tertiary/aromatic N) is 5. The SMILES string of the molecule is COC1CCN(c2ccn(-c3cc(-c4c(F)cccc4C#N)nc4c3C(=O)NC4)n2)C[C@@H]1OC. The Kier molecular flexibility index (Phi) is 5.73. The molecule has 4 heterocycles. The quantitative estimate of drug-likeness (QED) is 0.621. The normalized spacial score (nSPS) is 19.6. The lowest BCUT2D eigenvalue weighted by atomic mass is 10.0. The van der Waals surface area contributed by atoms with Gasteiger partial charge < -0.3 is 19.7 Å². The predicted octanol–water partition coefficient (Wildman–Crippen LogP) is 2.43. The Hall–Kier alpha value is -3.81. The number of pyridine rings is 1. The number of halogens is 1. The van der Waals surface area contributed by atoms with Gasteiger partial charge in [0.2, 0.25) is 0 Å². The van der Waals surface area contributed by atoms with Gasteiger partial charge in [0.15, 0.2) is 5.82 Å². The molecular weight excluding hydrogens is 439 g/mol. The molecule has 34 heavy (non-hydrogen) atoms. The maximum atomic E-state index is 14.7. The minimum absolute atomic E-state index is 0.0214. The van der Waals surface area contributed by atoms with Crippen molar-refractivity contribution >= 4 is 11.7 Å². The van der Waals surface area contributed by atoms with Gasteiger partial charge >= 0.3 is 0 Å². The van der Waals surface area contributed by atoms with Gasteiger partial charge in [-0.05, 0) is 24.6 Å². The first-order valence-corrected chi connectivity index (χ1v) is 10.9. The summed E-state index contributed by atoms with van der Waals surface area (Å²) >= 11 is 0. The molecule has 0 bridgehead atoms. The van der Waals surface area contributed by atoms with Crippen LogP contribution in [0.3, 0.4) is 0 Å². The highest BCUT2D eigenvalue weighted by Crippen LogP contribution is 2.32. The number of rotatable bonds is 5. The summed E-state index contributed by atoms with van der Waals surface area (Å²) < 4.78 is 27.4. The Morgan fingerprint density at radius 3 is 2.79 bits per heavy atom. The maximum absolute atomic E-state index is 14.7. The molecule has 0 spiro atoms. The minimum Gasteiger partial charge on any atom is -0.379 e. The summed E-state index contributed by atoms with van der Waals surface area (Å²) in [6.45, 7) is 1.59. The zero-order chi connectivity index (χ0) is 23.8. The number of methoxy groups -OCH3 is 2. The second-order valence-electron chi connectivity index (χ2n) is 8.21. The number of piperidine rings is 1. The van der Waals surface area contributed by atoms with Gasteiger partial charge in [-0.25, -0.2) is 14.1 Å². The van der Waals surface area contributed by atoms with Crippen LogP contribution >= 0.6 is 0 Å². The first kappa shape index (κ1) is 22.0. The molecule has 2 aliphatic heterocycles. The molecule has 1 fully saturated rings. The maximum Gasteiger partial charge on any atom is 0.255 e. The Morgan fingerprint density at radius 2 is 2.03 bits per heavy atom. The Labute approximate surface area is 195 Å². The number of hydrogen-bond acceptors (Lipinski definition) is 7. The van der Waals surface area contributed by atoms with Crippen LogP contribution in [0.25, 0.3) is 16.9 Å². The van der Waals surface area contributed by atoms with E-state index in [2.05, 4.69) is 15.2 Å². The highest BCUT2D eigenvalue weighted by molar-refractivity contribution is 6.01. The average molecular weight is 462 g/mol. The van der Waals surface area contributed by atoms with E-state index in [0.717, 1.165) is 18.8 Å². The molecule has 2 atom stereocenters. The van der Waals surface area contributed by atoms with Crippen LogP contribution in [0.5, 0.6) is 0 Å². The second kappa shape index (κ2) is 8.85. The highest BCUT2D eigenvalue weighted by atomic mass is 19.1. The van der Waals surface area contributed by atoms with Crippen LogP contribution in [-0.2, 0) is 16.0 Å². The Morgan fingerprint density at radius 1 is 1.21 bits per heavy atom. The number of ether oxygens (including phenoxy) is 2. The number of hydrogen-bond donors (Lipinski definition) is 1. The fraction of sp³-hybridized carbons (Fsp3) is 0.333. The van der Waals surface area contributed by atoms with Crippen LogP contribution in [0.1, 0.15) is 28.0 Å². The van der Waals surface area contributed by atoms with Crippen molar-refractivity contribution in [2.45, 2.75) is 25.2 Å². The lowest BCUT2D eigenvalue weighted by Gasteiger charge is -2.37. The van der Waals surface area contributed by atoms with Gasteiger partial charge in [0.25, 0.3) is 5.91 Å². The lowest BCUT2D eigenvalue weighted by molar-refractivity contribution is -0.0442. The largest absolute Gasteiger partial charge is 0.379 e. The molecule has 9 nitrogen and oxygen atoms in total. The number of amides is 1. The van der Waals surface area contributed by atoms with E-state index in [4.69, 9.17) is 14.6 Å². The predicted molar refractivity (Wildman–Crippen MR) is 121 cm³/mol. The van der Waals surface area contributed by atoms with Crippen LogP contribution in [0.4, 0.5) is 10.2 Å². The van der Waals surface area contributed by atoms with E-state index in [1.54, 1.807) is 31.2 Å². The van der Waals surface area contributed by atoms with E-state index in [1.165, 1.54) is 18.2 Å². The number of anilines is 1. The van der Waals surface area contributed by atoms with E-state index < -0.39 is 5.82 Å². The zero-order valence-electron chi connectivity index (χ0n) is 18.8. The molecule has 0 aliphatic carbocycles. The molecule has 0 radical (unpaired) electrons. The fourth-order valence-electron chi connectivity index (χ4n) is 4.61. The molecule has 10 heteroatoms. The van der Waals surface area contributed by atoms with Crippen molar-refractivity contribution in [1.82, 2.24) is 20.1 Å². The van der Waals surface area contributed by atoms with Crippen LogP contribution in [0.15, 0.2) is 36.5 Å². The van der Waals surface area contributed by atoms with Gasteiger partial charge in [0, 0.05) is 39.6 Å². The summed E-state index contributed by atoms with van der Waals surface area (Å²) in [5, 5.41) is 17.0. The standard InChI is InChI=1S/C24H23FN6O3/c1-33-19-6-8-30(13-20(19)34-2)21-7-9-31(29-21)18-10-16(28-17-12-27-24(32)23(17)18)22-14(11-26)4-3-5-15(22)25/h3-5,7,9-10,19-20H,6,8,12-13H2,1-2H3,(H,27,32)/t19?,20-/m0/s1. The number of nitrogens with one attached hydrogen (secondary N) is 1. The van der Waals surface area contributed by atoms with Crippen molar-refractivity contribution in [2.75, 3.05) is 32.2 Å². The molecule has 0 saturated carbocycles. The third-order valence-electron chi connectivity index (χ3n) is 6.36. The van der Waals surface area contributed by atoms with Crippen molar-refractivity contribution in [2.24, 2.45) is 0 Å². The Bertz CT molecular complexity index is 1300. The van der Waals surface area contributed by atoms with E-state index in [9.17, 15) is 14.4 Å². The Balaban J connectivity index is 1.56. The number of benzene rings is 1. The number of aromatic nitrogens is 3. The van der Waals surface area contributed by atoms with Gasteiger partial charge in [0.05, 0.1) is 52.5 Å². The minimum atomic E-state index is -0.553. The summed E-state index contributed by atoms with van der Waals surface area (Å²) in [5.41, 5.74) is 1.90.